The normalized spacial score (nSPS) is 17.1. The molecular weight excluding hydrogens is 140 g/mol. The molecule has 0 rings (SSSR count). The molecule has 0 spiro atoms. The van der Waals surface area contributed by atoms with E-state index in [1.54, 1.807) is 14.2 Å². The molecule has 0 N–H and O–H groups in total. The van der Waals surface area contributed by atoms with Crippen LogP contribution in [0.2, 0.25) is 0 Å². The van der Waals surface area contributed by atoms with E-state index in [0.29, 0.717) is 0 Å². The molecule has 0 aliphatic heterocycles. The van der Waals surface area contributed by atoms with Crippen LogP contribution >= 0.6 is 0 Å². The molecule has 0 saturated carbocycles. The van der Waals surface area contributed by atoms with Crippen molar-refractivity contribution in [2.75, 3.05) is 14.2 Å². The minimum absolute atomic E-state index is 0.163. The second-order valence-corrected chi connectivity index (χ2v) is 2.52. The molecule has 2 atom stereocenters. The monoisotopic (exact) mass is 158 g/mol. The van der Waals surface area contributed by atoms with Crippen molar-refractivity contribution < 1.29 is 9.47 Å². The van der Waals surface area contributed by atoms with Crippen molar-refractivity contribution in [3.8, 4) is 0 Å². The fourth-order valence-electron chi connectivity index (χ4n) is 0.901. The average Bonchev–Trinajstić information content (AvgIpc) is 2.05. The van der Waals surface area contributed by atoms with Crippen LogP contribution in [0.3, 0.4) is 0 Å². The van der Waals surface area contributed by atoms with Gasteiger partial charge in [0.25, 0.3) is 0 Å². The molecule has 0 bridgehead atoms. The summed E-state index contributed by atoms with van der Waals surface area (Å²) in [5.74, 6) is 0. The molecule has 0 saturated heterocycles. The summed E-state index contributed by atoms with van der Waals surface area (Å²) in [5, 5.41) is 0. The summed E-state index contributed by atoms with van der Waals surface area (Å²) in [5.41, 5.74) is 0. The third-order valence-electron chi connectivity index (χ3n) is 1.80. The van der Waals surface area contributed by atoms with E-state index in [9.17, 15) is 0 Å². The summed E-state index contributed by atoms with van der Waals surface area (Å²) in [4.78, 5) is 0. The van der Waals surface area contributed by atoms with Gasteiger partial charge in [-0.3, -0.25) is 0 Å². The van der Waals surface area contributed by atoms with Crippen molar-refractivity contribution in [1.29, 1.82) is 0 Å². The van der Waals surface area contributed by atoms with Crippen LogP contribution in [-0.2, 0) is 9.47 Å². The van der Waals surface area contributed by atoms with E-state index in [2.05, 4.69) is 6.08 Å². The zero-order valence-electron chi connectivity index (χ0n) is 7.83. The van der Waals surface area contributed by atoms with Gasteiger partial charge in [-0.2, -0.15) is 0 Å². The highest BCUT2D eigenvalue weighted by Crippen LogP contribution is 2.06. The van der Waals surface area contributed by atoms with Gasteiger partial charge in [0, 0.05) is 14.2 Å². The van der Waals surface area contributed by atoms with Crippen molar-refractivity contribution >= 4 is 0 Å². The van der Waals surface area contributed by atoms with E-state index < -0.39 is 0 Å². The van der Waals surface area contributed by atoms with Gasteiger partial charge in [-0.1, -0.05) is 12.2 Å². The number of rotatable bonds is 5. The second-order valence-electron chi connectivity index (χ2n) is 2.52. The van der Waals surface area contributed by atoms with E-state index in [1.807, 2.05) is 19.9 Å². The minimum Gasteiger partial charge on any atom is -0.379 e. The maximum atomic E-state index is 5.23. The first-order chi connectivity index (χ1) is 5.26. The Morgan fingerprint density at radius 2 is 1.91 bits per heavy atom. The van der Waals surface area contributed by atoms with Gasteiger partial charge in [0.2, 0.25) is 0 Å². The molecule has 0 amide bonds. The molecule has 0 aromatic rings. The van der Waals surface area contributed by atoms with Gasteiger partial charge in [-0.25, -0.2) is 0 Å². The van der Waals surface area contributed by atoms with Gasteiger partial charge in [0.05, 0.1) is 12.2 Å². The third-order valence-corrected chi connectivity index (χ3v) is 1.80. The SMILES string of the molecule is C/C=C/CC(OC)C(C)OC. The van der Waals surface area contributed by atoms with Gasteiger partial charge < -0.3 is 9.47 Å². The lowest BCUT2D eigenvalue weighted by molar-refractivity contribution is -0.0240. The molecule has 0 fully saturated rings. The Balaban J connectivity index is 3.74. The molecular formula is C9H18O2. The van der Waals surface area contributed by atoms with E-state index in [0.717, 1.165) is 6.42 Å². The predicted octanol–water partition coefficient (Wildman–Crippen LogP) is 2.00. The number of methoxy groups -OCH3 is 2. The quantitative estimate of drug-likeness (QED) is 0.570. The second kappa shape index (κ2) is 6.38. The molecule has 0 aliphatic carbocycles. The molecule has 11 heavy (non-hydrogen) atoms. The summed E-state index contributed by atoms with van der Waals surface area (Å²) in [7, 11) is 3.41. The maximum absolute atomic E-state index is 5.23. The number of ether oxygens (including phenoxy) is 2. The smallest absolute Gasteiger partial charge is 0.0864 e. The van der Waals surface area contributed by atoms with Crippen molar-refractivity contribution in [2.24, 2.45) is 0 Å². The molecule has 66 valence electrons. The summed E-state index contributed by atoms with van der Waals surface area (Å²) in [6, 6.07) is 0. The zero-order valence-corrected chi connectivity index (χ0v) is 7.83. The highest BCUT2D eigenvalue weighted by atomic mass is 16.5. The lowest BCUT2D eigenvalue weighted by Gasteiger charge is -2.19. The Morgan fingerprint density at radius 3 is 2.27 bits per heavy atom. The molecule has 0 heterocycles. The van der Waals surface area contributed by atoms with E-state index >= 15 is 0 Å². The van der Waals surface area contributed by atoms with Gasteiger partial charge in [-0.15, -0.1) is 0 Å². The number of hydrogen-bond acceptors (Lipinski definition) is 2. The first-order valence-corrected chi connectivity index (χ1v) is 3.93. The van der Waals surface area contributed by atoms with E-state index in [-0.39, 0.29) is 12.2 Å². The fourth-order valence-corrected chi connectivity index (χ4v) is 0.901. The van der Waals surface area contributed by atoms with Crippen molar-refractivity contribution in [3.63, 3.8) is 0 Å². The lowest BCUT2D eigenvalue weighted by Crippen LogP contribution is -2.26. The maximum Gasteiger partial charge on any atom is 0.0864 e. The van der Waals surface area contributed by atoms with Crippen molar-refractivity contribution in [1.82, 2.24) is 0 Å². The Hall–Kier alpha value is -0.340. The van der Waals surface area contributed by atoms with Crippen LogP contribution in [0.15, 0.2) is 12.2 Å². The van der Waals surface area contributed by atoms with Crippen LogP contribution < -0.4 is 0 Å². The Morgan fingerprint density at radius 1 is 1.27 bits per heavy atom. The molecule has 2 nitrogen and oxygen atoms in total. The fraction of sp³-hybridized carbons (Fsp3) is 0.778. The van der Waals surface area contributed by atoms with Crippen molar-refractivity contribution in [3.05, 3.63) is 12.2 Å². The molecule has 0 aromatic carbocycles. The van der Waals surface area contributed by atoms with E-state index in [1.165, 1.54) is 0 Å². The average molecular weight is 158 g/mol. The largest absolute Gasteiger partial charge is 0.379 e. The van der Waals surface area contributed by atoms with Crippen LogP contribution in [0, 0.1) is 0 Å². The predicted molar refractivity (Wildman–Crippen MR) is 46.7 cm³/mol. The molecule has 0 aliphatic rings. The topological polar surface area (TPSA) is 18.5 Å². The summed E-state index contributed by atoms with van der Waals surface area (Å²) >= 11 is 0. The lowest BCUT2D eigenvalue weighted by atomic mass is 10.1. The summed E-state index contributed by atoms with van der Waals surface area (Å²) < 4.78 is 10.4. The highest BCUT2D eigenvalue weighted by Gasteiger charge is 2.13. The van der Waals surface area contributed by atoms with Crippen LogP contribution in [0.4, 0.5) is 0 Å². The molecule has 0 aromatic heterocycles. The van der Waals surface area contributed by atoms with E-state index in [4.69, 9.17) is 9.47 Å². The Kier molecular flexibility index (Phi) is 6.18. The zero-order chi connectivity index (χ0) is 8.69. The third kappa shape index (κ3) is 4.17. The Labute approximate surface area is 69.2 Å². The standard InChI is InChI=1S/C9H18O2/c1-5-6-7-9(11-4)8(2)10-3/h5-6,8-9H,7H2,1-4H3/b6-5+. The van der Waals surface area contributed by atoms with Gasteiger partial charge >= 0.3 is 0 Å². The molecule has 0 radical (unpaired) electrons. The minimum atomic E-state index is 0.163. The van der Waals surface area contributed by atoms with Gasteiger partial charge in [0.1, 0.15) is 0 Å². The van der Waals surface area contributed by atoms with Gasteiger partial charge in [0.15, 0.2) is 0 Å². The first-order valence-electron chi connectivity index (χ1n) is 3.93. The van der Waals surface area contributed by atoms with Crippen LogP contribution in [0.5, 0.6) is 0 Å². The molecule has 2 unspecified atom stereocenters. The first kappa shape index (κ1) is 10.7. The van der Waals surface area contributed by atoms with Gasteiger partial charge in [-0.05, 0) is 20.3 Å². The van der Waals surface area contributed by atoms with Crippen LogP contribution in [0.1, 0.15) is 20.3 Å². The number of allylic oxidation sites excluding steroid dienone is 1. The number of hydrogen-bond donors (Lipinski definition) is 0. The molecule has 2 heteroatoms. The van der Waals surface area contributed by atoms with Crippen LogP contribution in [0.25, 0.3) is 0 Å². The van der Waals surface area contributed by atoms with Crippen LogP contribution in [-0.4, -0.2) is 26.4 Å². The summed E-state index contributed by atoms with van der Waals surface area (Å²) in [6.45, 7) is 4.02. The Bertz CT molecular complexity index is 110. The summed E-state index contributed by atoms with van der Waals surface area (Å²) in [6.07, 6.45) is 5.37. The van der Waals surface area contributed by atoms with Crippen molar-refractivity contribution in [2.45, 2.75) is 32.5 Å². The highest BCUT2D eigenvalue weighted by molar-refractivity contribution is 4.83.